The van der Waals surface area contributed by atoms with Crippen LogP contribution in [0.25, 0.3) is 16.7 Å². The zero-order valence-electron chi connectivity index (χ0n) is 18.0. The number of ether oxygens (including phenoxy) is 1. The van der Waals surface area contributed by atoms with Crippen molar-refractivity contribution in [1.82, 2.24) is 20.2 Å². The van der Waals surface area contributed by atoms with Crippen LogP contribution in [-0.4, -0.2) is 44.8 Å². The predicted molar refractivity (Wildman–Crippen MR) is 121 cm³/mol. The maximum atomic E-state index is 12.3. The lowest BCUT2D eigenvalue weighted by atomic mass is 10.1. The Kier molecular flexibility index (Phi) is 6.68. The summed E-state index contributed by atoms with van der Waals surface area (Å²) in [7, 11) is 1.54. The molecule has 3 aromatic rings. The van der Waals surface area contributed by atoms with Crippen molar-refractivity contribution < 1.29 is 19.2 Å². The molecule has 0 saturated carbocycles. The van der Waals surface area contributed by atoms with Crippen LogP contribution < -0.4 is 15.4 Å². The first kappa shape index (κ1) is 23.1. The number of nitrogens with one attached hydrogen (secondary N) is 2. The average molecular weight is 458 g/mol. The third kappa shape index (κ3) is 5.35. The van der Waals surface area contributed by atoms with Crippen LogP contribution >= 0.6 is 11.8 Å². The monoisotopic (exact) mass is 457 g/mol. The summed E-state index contributed by atoms with van der Waals surface area (Å²) in [6.45, 7) is 5.42. The predicted octanol–water partition coefficient (Wildman–Crippen LogP) is 3.66. The lowest BCUT2D eigenvalue weighted by Gasteiger charge is -2.20. The first-order chi connectivity index (χ1) is 15.1. The number of para-hydroxylation sites is 2. The minimum absolute atomic E-state index is 0.0852. The molecule has 0 unspecified atom stereocenters. The summed E-state index contributed by atoms with van der Waals surface area (Å²) in [6.07, 6.45) is 0. The zero-order valence-corrected chi connectivity index (χ0v) is 18.9. The van der Waals surface area contributed by atoms with Gasteiger partial charge in [-0.3, -0.25) is 24.8 Å². The Morgan fingerprint density at radius 3 is 2.59 bits per heavy atom. The van der Waals surface area contributed by atoms with E-state index in [2.05, 4.69) is 15.6 Å². The highest BCUT2D eigenvalue weighted by molar-refractivity contribution is 7.99. The molecule has 1 aromatic heterocycles. The van der Waals surface area contributed by atoms with Gasteiger partial charge in [-0.25, -0.2) is 9.78 Å². The average Bonchev–Trinajstić information content (AvgIpc) is 3.08. The van der Waals surface area contributed by atoms with Crippen LogP contribution in [0.3, 0.4) is 0 Å². The summed E-state index contributed by atoms with van der Waals surface area (Å²) < 4.78 is 7.23. The van der Waals surface area contributed by atoms with Crippen molar-refractivity contribution in [3.05, 3.63) is 52.6 Å². The molecule has 0 spiro atoms. The first-order valence-electron chi connectivity index (χ1n) is 9.64. The van der Waals surface area contributed by atoms with Crippen LogP contribution in [0.5, 0.6) is 5.75 Å². The van der Waals surface area contributed by atoms with E-state index in [1.54, 1.807) is 37.5 Å². The summed E-state index contributed by atoms with van der Waals surface area (Å²) in [5.74, 6) is -0.0136. The molecule has 10 nitrogen and oxygen atoms in total. The number of urea groups is 1. The molecule has 3 amide bonds. The highest BCUT2D eigenvalue weighted by Crippen LogP contribution is 2.33. The number of thioether (sulfide) groups is 1. The summed E-state index contributed by atoms with van der Waals surface area (Å²) in [5.41, 5.74) is 1.12. The lowest BCUT2D eigenvalue weighted by molar-refractivity contribution is -0.384. The largest absolute Gasteiger partial charge is 0.495 e. The van der Waals surface area contributed by atoms with E-state index >= 15 is 0 Å². The van der Waals surface area contributed by atoms with Gasteiger partial charge in [0, 0.05) is 17.7 Å². The maximum absolute atomic E-state index is 12.3. The number of benzene rings is 2. The quantitative estimate of drug-likeness (QED) is 0.328. The number of nitro benzene ring substituents is 1. The fourth-order valence-electron chi connectivity index (χ4n) is 2.97. The van der Waals surface area contributed by atoms with E-state index in [0.29, 0.717) is 27.6 Å². The van der Waals surface area contributed by atoms with E-state index in [4.69, 9.17) is 4.74 Å². The van der Waals surface area contributed by atoms with Gasteiger partial charge in [-0.05, 0) is 39.0 Å². The van der Waals surface area contributed by atoms with Gasteiger partial charge in [0.05, 0.1) is 34.5 Å². The number of carbonyl (C=O) groups is 2. The number of carbonyl (C=O) groups excluding carboxylic acids is 2. The van der Waals surface area contributed by atoms with Gasteiger partial charge in [-0.15, -0.1) is 0 Å². The number of methoxy groups -OCH3 is 1. The lowest BCUT2D eigenvalue weighted by Crippen LogP contribution is -2.48. The molecule has 0 aliphatic rings. The number of imide groups is 1. The molecule has 0 aliphatic heterocycles. The maximum Gasteiger partial charge on any atom is 0.321 e. The normalized spacial score (nSPS) is 11.2. The van der Waals surface area contributed by atoms with Gasteiger partial charge in [-0.2, -0.15) is 0 Å². The van der Waals surface area contributed by atoms with Crippen LogP contribution in [0.1, 0.15) is 20.8 Å². The van der Waals surface area contributed by atoms with Crippen LogP contribution in [0.2, 0.25) is 0 Å². The zero-order chi connectivity index (χ0) is 23.5. The Balaban J connectivity index is 1.94. The van der Waals surface area contributed by atoms with Crippen molar-refractivity contribution in [3.63, 3.8) is 0 Å². The Hall–Kier alpha value is -3.60. The van der Waals surface area contributed by atoms with Crippen LogP contribution in [0, 0.1) is 10.1 Å². The highest BCUT2D eigenvalue weighted by atomic mass is 32.2. The highest BCUT2D eigenvalue weighted by Gasteiger charge is 2.20. The summed E-state index contributed by atoms with van der Waals surface area (Å²) in [5, 5.41) is 16.5. The molecule has 0 radical (unpaired) electrons. The van der Waals surface area contributed by atoms with Crippen molar-refractivity contribution in [2.45, 2.75) is 31.5 Å². The van der Waals surface area contributed by atoms with E-state index in [1.165, 1.54) is 19.2 Å². The minimum Gasteiger partial charge on any atom is -0.495 e. The molecule has 0 aliphatic carbocycles. The molecule has 0 saturated heterocycles. The number of aromatic nitrogens is 2. The Morgan fingerprint density at radius 2 is 1.94 bits per heavy atom. The number of non-ortho nitro benzene ring substituents is 1. The Bertz CT molecular complexity index is 1190. The van der Waals surface area contributed by atoms with Crippen molar-refractivity contribution >= 4 is 40.4 Å². The number of hydrogen-bond acceptors (Lipinski definition) is 7. The van der Waals surface area contributed by atoms with Crippen molar-refractivity contribution in [2.75, 3.05) is 12.9 Å². The number of fused-ring (bicyclic) bond motifs is 1. The SMILES string of the molecule is COc1ccccc1-n1c(SCC(=O)NC(=O)NC(C)(C)C)nc2cc([N+](=O)[O-])ccc21. The van der Waals surface area contributed by atoms with Gasteiger partial charge in [-0.1, -0.05) is 23.9 Å². The Morgan fingerprint density at radius 1 is 1.22 bits per heavy atom. The fraction of sp³-hybridized carbons (Fsp3) is 0.286. The van der Waals surface area contributed by atoms with E-state index in [1.807, 2.05) is 18.2 Å². The van der Waals surface area contributed by atoms with Crippen molar-refractivity contribution in [2.24, 2.45) is 0 Å². The molecule has 0 bridgehead atoms. The molecule has 3 rings (SSSR count). The number of amides is 3. The number of imidazole rings is 1. The fourth-order valence-corrected chi connectivity index (χ4v) is 3.79. The Labute approximate surface area is 188 Å². The van der Waals surface area contributed by atoms with Crippen molar-refractivity contribution in [1.29, 1.82) is 0 Å². The number of rotatable bonds is 6. The molecule has 168 valence electrons. The molecule has 0 fully saturated rings. The van der Waals surface area contributed by atoms with E-state index in [-0.39, 0.29) is 11.4 Å². The second kappa shape index (κ2) is 9.27. The van der Waals surface area contributed by atoms with Gasteiger partial charge in [0.1, 0.15) is 5.75 Å². The van der Waals surface area contributed by atoms with Gasteiger partial charge in [0.25, 0.3) is 5.69 Å². The van der Waals surface area contributed by atoms with E-state index in [9.17, 15) is 19.7 Å². The summed E-state index contributed by atoms with van der Waals surface area (Å²) >= 11 is 1.10. The molecular formula is C21H23N5O5S. The molecule has 1 heterocycles. The molecular weight excluding hydrogens is 434 g/mol. The first-order valence-corrected chi connectivity index (χ1v) is 10.6. The van der Waals surface area contributed by atoms with Crippen LogP contribution in [-0.2, 0) is 4.79 Å². The third-order valence-electron chi connectivity index (χ3n) is 4.22. The third-order valence-corrected chi connectivity index (χ3v) is 5.16. The molecule has 2 N–H and O–H groups in total. The molecule has 2 aromatic carbocycles. The van der Waals surface area contributed by atoms with Gasteiger partial charge in [0.15, 0.2) is 5.16 Å². The molecule has 32 heavy (non-hydrogen) atoms. The number of nitro groups is 1. The standard InChI is InChI=1S/C21H23N5O5S/c1-21(2,3)24-19(28)23-18(27)12-32-20-22-14-11-13(26(29)30)9-10-15(14)25(20)16-7-5-6-8-17(16)31-4/h5-11H,12H2,1-4H3,(H2,23,24,27,28). The second-order valence-corrected chi connectivity index (χ2v) is 8.82. The van der Waals surface area contributed by atoms with Crippen molar-refractivity contribution in [3.8, 4) is 11.4 Å². The van der Waals surface area contributed by atoms with E-state index < -0.39 is 22.4 Å². The number of nitrogens with zero attached hydrogens (tertiary/aromatic N) is 3. The van der Waals surface area contributed by atoms with Crippen LogP contribution in [0.4, 0.5) is 10.5 Å². The topological polar surface area (TPSA) is 128 Å². The van der Waals surface area contributed by atoms with E-state index in [0.717, 1.165) is 11.8 Å². The summed E-state index contributed by atoms with van der Waals surface area (Å²) in [6, 6.07) is 11.0. The minimum atomic E-state index is -0.586. The second-order valence-electron chi connectivity index (χ2n) is 7.87. The number of hydrogen-bond donors (Lipinski definition) is 2. The molecule has 0 atom stereocenters. The van der Waals surface area contributed by atoms with Crippen LogP contribution in [0.15, 0.2) is 47.6 Å². The smallest absolute Gasteiger partial charge is 0.321 e. The van der Waals surface area contributed by atoms with Gasteiger partial charge < -0.3 is 10.1 Å². The van der Waals surface area contributed by atoms with Gasteiger partial charge >= 0.3 is 6.03 Å². The van der Waals surface area contributed by atoms with Gasteiger partial charge in [0.2, 0.25) is 5.91 Å². The summed E-state index contributed by atoms with van der Waals surface area (Å²) in [4.78, 5) is 39.4. The molecule has 11 heteroatoms.